The van der Waals surface area contributed by atoms with Crippen LogP contribution in [0, 0.1) is 24.7 Å². The van der Waals surface area contributed by atoms with E-state index in [0.29, 0.717) is 6.42 Å². The lowest BCUT2D eigenvalue weighted by Gasteiger charge is -2.37. The van der Waals surface area contributed by atoms with Gasteiger partial charge in [0.25, 0.3) is 0 Å². The Morgan fingerprint density at radius 1 is 1.38 bits per heavy atom. The standard InChI is InChI=1S/C28H37FN2O/c1-7-12-25(14-11-9-10-13-20(3)29)28(8-2,31-32)26-17-15-24(16-18-26)22(5)27-19-21(4)30-23(27)6/h7,9-15,19-20,26,30H,5,8,16-18H2,1-4,6H3/b11-9+,12-7-,13-10-,25-14+. The Morgan fingerprint density at radius 3 is 2.62 bits per heavy atom. The van der Waals surface area contributed by atoms with Gasteiger partial charge in [0.05, 0.1) is 0 Å². The van der Waals surface area contributed by atoms with Crippen LogP contribution in [-0.4, -0.2) is 16.7 Å². The highest BCUT2D eigenvalue weighted by Gasteiger charge is 2.41. The maximum Gasteiger partial charge on any atom is 0.130 e. The highest BCUT2D eigenvalue weighted by Crippen LogP contribution is 2.44. The molecule has 0 radical (unpaired) electrons. The largest absolute Gasteiger partial charge is 0.362 e. The normalized spacial score (nSPS) is 20.6. The third-order valence-corrected chi connectivity index (χ3v) is 6.37. The third kappa shape index (κ3) is 5.93. The van der Waals surface area contributed by atoms with E-state index in [1.807, 2.05) is 38.2 Å². The van der Waals surface area contributed by atoms with Gasteiger partial charge in [0.2, 0.25) is 0 Å². The number of aromatic nitrogens is 1. The van der Waals surface area contributed by atoms with Crippen LogP contribution in [0.3, 0.4) is 0 Å². The minimum Gasteiger partial charge on any atom is -0.362 e. The van der Waals surface area contributed by atoms with E-state index in [2.05, 4.69) is 42.7 Å². The summed E-state index contributed by atoms with van der Waals surface area (Å²) >= 11 is 0. The van der Waals surface area contributed by atoms with Gasteiger partial charge < -0.3 is 4.98 Å². The number of nitrogens with one attached hydrogen (secondary N) is 1. The highest BCUT2D eigenvalue weighted by atomic mass is 19.1. The summed E-state index contributed by atoms with van der Waals surface area (Å²) < 4.78 is 13.0. The molecule has 1 heterocycles. The fourth-order valence-electron chi connectivity index (χ4n) is 4.64. The number of rotatable bonds is 10. The molecular formula is C28H37FN2O. The molecule has 0 aliphatic heterocycles. The summed E-state index contributed by atoms with van der Waals surface area (Å²) in [6, 6.07) is 2.14. The molecule has 0 saturated heterocycles. The molecule has 3 atom stereocenters. The number of H-pyrrole nitrogens is 1. The van der Waals surface area contributed by atoms with Crippen molar-refractivity contribution in [3.8, 4) is 0 Å². The van der Waals surface area contributed by atoms with Crippen molar-refractivity contribution in [2.45, 2.75) is 72.0 Å². The number of alkyl halides is 1. The number of halogens is 1. The van der Waals surface area contributed by atoms with E-state index in [1.54, 1.807) is 12.2 Å². The van der Waals surface area contributed by atoms with Gasteiger partial charge >= 0.3 is 0 Å². The van der Waals surface area contributed by atoms with E-state index in [1.165, 1.54) is 18.6 Å². The summed E-state index contributed by atoms with van der Waals surface area (Å²) in [5, 5.41) is 3.72. The van der Waals surface area contributed by atoms with Crippen molar-refractivity contribution >= 4 is 5.57 Å². The molecule has 0 aromatic carbocycles. The molecule has 4 heteroatoms. The maximum absolute atomic E-state index is 13.0. The summed E-state index contributed by atoms with van der Waals surface area (Å²) in [5.41, 5.74) is 5.85. The van der Waals surface area contributed by atoms with Crippen LogP contribution in [0.25, 0.3) is 5.57 Å². The first-order valence-electron chi connectivity index (χ1n) is 11.5. The van der Waals surface area contributed by atoms with Gasteiger partial charge in [-0.25, -0.2) is 4.39 Å². The monoisotopic (exact) mass is 436 g/mol. The van der Waals surface area contributed by atoms with Gasteiger partial charge in [-0.15, -0.1) is 4.91 Å². The van der Waals surface area contributed by atoms with Crippen LogP contribution in [0.15, 0.2) is 77.6 Å². The van der Waals surface area contributed by atoms with Crippen LogP contribution >= 0.6 is 0 Å². The molecule has 0 amide bonds. The molecule has 3 unspecified atom stereocenters. The van der Waals surface area contributed by atoms with Gasteiger partial charge in [-0.1, -0.05) is 67.3 Å². The molecule has 0 fully saturated rings. The highest BCUT2D eigenvalue weighted by molar-refractivity contribution is 5.79. The van der Waals surface area contributed by atoms with Gasteiger partial charge in [0.15, 0.2) is 0 Å². The maximum atomic E-state index is 13.0. The van der Waals surface area contributed by atoms with Gasteiger partial charge in [0, 0.05) is 17.0 Å². The fraction of sp³-hybridized carbons (Fsp3) is 0.429. The van der Waals surface area contributed by atoms with Gasteiger partial charge in [0.1, 0.15) is 11.7 Å². The average Bonchev–Trinajstić information content (AvgIpc) is 3.12. The molecule has 172 valence electrons. The van der Waals surface area contributed by atoms with Crippen LogP contribution in [0.1, 0.15) is 63.4 Å². The summed E-state index contributed by atoms with van der Waals surface area (Å²) in [6.07, 6.45) is 17.1. The minimum absolute atomic E-state index is 0.118. The smallest absolute Gasteiger partial charge is 0.130 e. The molecule has 1 aliphatic rings. The van der Waals surface area contributed by atoms with Crippen molar-refractivity contribution in [2.24, 2.45) is 11.1 Å². The van der Waals surface area contributed by atoms with Crippen LogP contribution in [0.5, 0.6) is 0 Å². The van der Waals surface area contributed by atoms with Crippen LogP contribution < -0.4 is 0 Å². The second-order valence-corrected chi connectivity index (χ2v) is 8.61. The molecule has 3 nitrogen and oxygen atoms in total. The molecule has 2 rings (SSSR count). The first-order chi connectivity index (χ1) is 15.3. The number of hydrogen-bond donors (Lipinski definition) is 1. The second kappa shape index (κ2) is 11.8. The predicted octanol–water partition coefficient (Wildman–Crippen LogP) is 8.26. The zero-order valence-electron chi connectivity index (χ0n) is 20.1. The molecule has 32 heavy (non-hydrogen) atoms. The quantitative estimate of drug-likeness (QED) is 0.291. The van der Waals surface area contributed by atoms with Crippen molar-refractivity contribution in [1.82, 2.24) is 4.98 Å². The SMILES string of the molecule is C=C(C1=CCC(C(CC)(N=O)C(/C=C\C)=C/C=C/C=C\C(C)F)CC1)c1cc(C)[nH]c1C. The van der Waals surface area contributed by atoms with Crippen molar-refractivity contribution in [3.05, 3.63) is 94.3 Å². The number of nitrogens with zero attached hydrogens (tertiary/aromatic N) is 1. The topological polar surface area (TPSA) is 45.2 Å². The Kier molecular flexibility index (Phi) is 9.37. The zero-order chi connectivity index (χ0) is 23.7. The summed E-state index contributed by atoms with van der Waals surface area (Å²) in [7, 11) is 0. The number of hydrogen-bond acceptors (Lipinski definition) is 2. The van der Waals surface area contributed by atoms with Crippen LogP contribution in [-0.2, 0) is 0 Å². The van der Waals surface area contributed by atoms with Gasteiger partial charge in [-0.05, 0) is 82.1 Å². The fourth-order valence-corrected chi connectivity index (χ4v) is 4.64. The first-order valence-corrected chi connectivity index (χ1v) is 11.5. The number of aryl methyl sites for hydroxylation is 2. The molecule has 0 bridgehead atoms. The molecule has 0 saturated carbocycles. The molecule has 0 spiro atoms. The first kappa shape index (κ1) is 25.5. The minimum atomic E-state index is -0.984. The second-order valence-electron chi connectivity index (χ2n) is 8.61. The van der Waals surface area contributed by atoms with Crippen LogP contribution in [0.2, 0.25) is 0 Å². The Morgan fingerprint density at radius 2 is 2.12 bits per heavy atom. The average molecular weight is 437 g/mol. The zero-order valence-corrected chi connectivity index (χ0v) is 20.1. The number of allylic oxidation sites excluding steroid dienone is 9. The molecule has 1 aromatic rings. The Balaban J connectivity index is 2.29. The predicted molar refractivity (Wildman–Crippen MR) is 135 cm³/mol. The molecular weight excluding hydrogens is 399 g/mol. The van der Waals surface area contributed by atoms with Gasteiger partial charge in [-0.2, -0.15) is 0 Å². The van der Waals surface area contributed by atoms with E-state index >= 15 is 0 Å². The molecule has 1 aliphatic carbocycles. The third-order valence-electron chi connectivity index (χ3n) is 6.37. The van der Waals surface area contributed by atoms with E-state index in [-0.39, 0.29) is 5.92 Å². The van der Waals surface area contributed by atoms with E-state index in [0.717, 1.165) is 47.4 Å². The number of nitroso groups, excluding NO2 is 1. The lowest BCUT2D eigenvalue weighted by Crippen LogP contribution is -2.37. The lowest BCUT2D eigenvalue weighted by atomic mass is 9.69. The number of aromatic amines is 1. The van der Waals surface area contributed by atoms with E-state index in [4.69, 9.17) is 0 Å². The van der Waals surface area contributed by atoms with Gasteiger partial charge in [-0.3, -0.25) is 0 Å². The Bertz CT molecular complexity index is 958. The van der Waals surface area contributed by atoms with E-state index < -0.39 is 11.7 Å². The van der Waals surface area contributed by atoms with Crippen LogP contribution in [0.4, 0.5) is 4.39 Å². The lowest BCUT2D eigenvalue weighted by molar-refractivity contribution is 0.288. The molecule has 1 N–H and O–H groups in total. The molecule has 1 aromatic heterocycles. The Labute approximate surface area is 192 Å². The Hall–Kier alpha value is -2.75. The summed E-state index contributed by atoms with van der Waals surface area (Å²) in [4.78, 5) is 15.6. The van der Waals surface area contributed by atoms with Crippen molar-refractivity contribution in [1.29, 1.82) is 0 Å². The van der Waals surface area contributed by atoms with Crippen molar-refractivity contribution in [3.63, 3.8) is 0 Å². The summed E-state index contributed by atoms with van der Waals surface area (Å²) in [5.74, 6) is 0.118. The van der Waals surface area contributed by atoms with E-state index in [9.17, 15) is 9.30 Å². The van der Waals surface area contributed by atoms with Crippen molar-refractivity contribution in [2.75, 3.05) is 0 Å². The summed E-state index contributed by atoms with van der Waals surface area (Å²) in [6.45, 7) is 13.9. The van der Waals surface area contributed by atoms with Crippen molar-refractivity contribution < 1.29 is 4.39 Å².